The first-order valence-corrected chi connectivity index (χ1v) is 10.5. The van der Waals surface area contributed by atoms with Gasteiger partial charge >= 0.3 is 5.69 Å². The van der Waals surface area contributed by atoms with Gasteiger partial charge < -0.3 is 9.30 Å². The largest absolute Gasteiger partial charge is 0.492 e. The molecule has 0 fully saturated rings. The number of rotatable bonds is 7. The van der Waals surface area contributed by atoms with Crippen molar-refractivity contribution in [2.75, 3.05) is 6.61 Å². The molecule has 2 aromatic carbocycles. The van der Waals surface area contributed by atoms with Crippen molar-refractivity contribution in [3.05, 3.63) is 87.3 Å². The first-order chi connectivity index (χ1) is 15.0. The second kappa shape index (κ2) is 8.63. The molecule has 0 atom stereocenters. The molecule has 7 nitrogen and oxygen atoms in total. The molecule has 0 N–H and O–H groups in total. The smallest absolute Gasteiger partial charge is 0.337 e. The molecule has 2 heterocycles. The Bertz CT molecular complexity index is 1300. The van der Waals surface area contributed by atoms with Crippen molar-refractivity contribution >= 4 is 11.2 Å². The Balaban J connectivity index is 1.76. The van der Waals surface area contributed by atoms with E-state index in [-0.39, 0.29) is 17.8 Å². The Kier molecular flexibility index (Phi) is 5.75. The van der Waals surface area contributed by atoms with Crippen LogP contribution in [0.2, 0.25) is 0 Å². The number of ether oxygens (including phenoxy) is 1. The first kappa shape index (κ1) is 20.7. The zero-order chi connectivity index (χ0) is 22.0. The summed E-state index contributed by atoms with van der Waals surface area (Å²) < 4.78 is 10.3. The molecule has 31 heavy (non-hydrogen) atoms. The van der Waals surface area contributed by atoms with Gasteiger partial charge in [0.25, 0.3) is 5.56 Å². The van der Waals surface area contributed by atoms with E-state index in [0.717, 1.165) is 5.75 Å². The van der Waals surface area contributed by atoms with Crippen molar-refractivity contribution in [1.82, 2.24) is 18.7 Å². The summed E-state index contributed by atoms with van der Waals surface area (Å²) in [6, 6.07) is 17.3. The molecule has 4 aromatic rings. The van der Waals surface area contributed by atoms with Gasteiger partial charge in [-0.15, -0.1) is 0 Å². The molecule has 4 rings (SSSR count). The molecule has 2 aromatic heterocycles. The van der Waals surface area contributed by atoms with Crippen molar-refractivity contribution in [3.63, 3.8) is 0 Å². The Morgan fingerprint density at radius 3 is 2.35 bits per heavy atom. The molecule has 0 amide bonds. The molecule has 160 valence electrons. The van der Waals surface area contributed by atoms with Gasteiger partial charge in [-0.2, -0.15) is 0 Å². The van der Waals surface area contributed by atoms with E-state index >= 15 is 0 Å². The van der Waals surface area contributed by atoms with Gasteiger partial charge in [0.2, 0.25) is 0 Å². The summed E-state index contributed by atoms with van der Waals surface area (Å²) in [5, 5.41) is 0. The lowest BCUT2D eigenvalue weighted by Crippen LogP contribution is -2.39. The normalized spacial score (nSPS) is 11.4. The molecule has 0 unspecified atom stereocenters. The number of fused-ring (bicyclic) bond motifs is 1. The molecule has 0 bridgehead atoms. The minimum absolute atomic E-state index is 0.281. The van der Waals surface area contributed by atoms with Crippen molar-refractivity contribution in [3.8, 4) is 11.4 Å². The van der Waals surface area contributed by atoms with Crippen LogP contribution in [0, 0.1) is 0 Å². The Labute approximate surface area is 180 Å². The summed E-state index contributed by atoms with van der Waals surface area (Å²) in [7, 11) is 0. The number of nitrogens with zero attached hydrogens (tertiary/aromatic N) is 4. The highest BCUT2D eigenvalue weighted by Gasteiger charge is 2.18. The maximum absolute atomic E-state index is 13.1. The van der Waals surface area contributed by atoms with Crippen LogP contribution in [-0.2, 0) is 13.1 Å². The highest BCUT2D eigenvalue weighted by atomic mass is 16.5. The van der Waals surface area contributed by atoms with Crippen LogP contribution in [0.25, 0.3) is 16.9 Å². The lowest BCUT2D eigenvalue weighted by Gasteiger charge is -2.13. The number of imidazole rings is 1. The van der Waals surface area contributed by atoms with Crippen LogP contribution in [0.4, 0.5) is 0 Å². The third-order valence-electron chi connectivity index (χ3n) is 5.38. The quantitative estimate of drug-likeness (QED) is 0.460. The summed E-state index contributed by atoms with van der Waals surface area (Å²) in [6.45, 7) is 7.13. The van der Waals surface area contributed by atoms with Crippen LogP contribution in [0.1, 0.15) is 32.3 Å². The van der Waals surface area contributed by atoms with Gasteiger partial charge in [-0.05, 0) is 42.7 Å². The van der Waals surface area contributed by atoms with Crippen molar-refractivity contribution in [2.24, 2.45) is 0 Å². The molecule has 0 radical (unpaired) electrons. The molecule has 0 aliphatic carbocycles. The molecule has 0 aliphatic heterocycles. The maximum Gasteiger partial charge on any atom is 0.337 e. The summed E-state index contributed by atoms with van der Waals surface area (Å²) >= 11 is 0. The predicted molar refractivity (Wildman–Crippen MR) is 121 cm³/mol. The van der Waals surface area contributed by atoms with E-state index in [1.54, 1.807) is 17.8 Å². The van der Waals surface area contributed by atoms with Gasteiger partial charge in [-0.3, -0.25) is 9.36 Å². The fraction of sp³-hybridized carbons (Fsp3) is 0.292. The molecule has 0 saturated carbocycles. The lowest BCUT2D eigenvalue weighted by atomic mass is 10.0. The highest BCUT2D eigenvalue weighted by Crippen LogP contribution is 2.18. The molecule has 0 aliphatic rings. The SMILES string of the molecule is CCn1c(=O)c2c(ncn2CCOc2ccccc2)n(-c2ccc(C(C)C)cc2)c1=O. The number of benzene rings is 2. The van der Waals surface area contributed by atoms with Gasteiger partial charge in [-0.25, -0.2) is 14.3 Å². The van der Waals surface area contributed by atoms with Gasteiger partial charge in [0, 0.05) is 6.54 Å². The standard InChI is InChI=1S/C24H26N4O3/c1-4-27-23(29)21-22(25-16-26(21)14-15-31-20-8-6-5-7-9-20)28(24(27)30)19-12-10-18(11-13-19)17(2)3/h5-13,16-17H,4,14-15H2,1-3H3. The minimum Gasteiger partial charge on any atom is -0.492 e. The topological polar surface area (TPSA) is 71.0 Å². The van der Waals surface area contributed by atoms with Gasteiger partial charge in [-0.1, -0.05) is 44.2 Å². The summed E-state index contributed by atoms with van der Waals surface area (Å²) in [4.78, 5) is 30.6. The van der Waals surface area contributed by atoms with Gasteiger partial charge in [0.1, 0.15) is 12.4 Å². The second-order valence-corrected chi connectivity index (χ2v) is 7.69. The zero-order valence-electron chi connectivity index (χ0n) is 18.0. The van der Waals surface area contributed by atoms with Crippen LogP contribution in [0.3, 0.4) is 0 Å². The zero-order valence-corrected chi connectivity index (χ0v) is 18.0. The fourth-order valence-electron chi connectivity index (χ4n) is 3.65. The average molecular weight is 418 g/mol. The monoisotopic (exact) mass is 418 g/mol. The van der Waals surface area contributed by atoms with Gasteiger partial charge in [0.15, 0.2) is 11.2 Å². The van der Waals surface area contributed by atoms with Crippen molar-refractivity contribution in [1.29, 1.82) is 0 Å². The van der Waals surface area contributed by atoms with Crippen molar-refractivity contribution in [2.45, 2.75) is 39.8 Å². The highest BCUT2D eigenvalue weighted by molar-refractivity contribution is 5.72. The molecule has 0 saturated heterocycles. The number of para-hydroxylation sites is 1. The third-order valence-corrected chi connectivity index (χ3v) is 5.38. The number of hydrogen-bond acceptors (Lipinski definition) is 4. The fourth-order valence-corrected chi connectivity index (χ4v) is 3.65. The number of hydrogen-bond donors (Lipinski definition) is 0. The van der Waals surface area contributed by atoms with E-state index in [0.29, 0.717) is 35.9 Å². The third kappa shape index (κ3) is 3.91. The van der Waals surface area contributed by atoms with E-state index in [1.807, 2.05) is 54.6 Å². The lowest BCUT2D eigenvalue weighted by molar-refractivity contribution is 0.300. The van der Waals surface area contributed by atoms with Gasteiger partial charge in [0.05, 0.1) is 18.6 Å². The molecular formula is C24H26N4O3. The van der Waals surface area contributed by atoms with Crippen LogP contribution < -0.4 is 16.0 Å². The van der Waals surface area contributed by atoms with E-state index in [4.69, 9.17) is 4.74 Å². The van der Waals surface area contributed by atoms with E-state index < -0.39 is 0 Å². The molecule has 7 heteroatoms. The Hall–Kier alpha value is -3.61. The summed E-state index contributed by atoms with van der Waals surface area (Å²) in [5.74, 6) is 1.15. The Morgan fingerprint density at radius 1 is 1.00 bits per heavy atom. The maximum atomic E-state index is 13.1. The van der Waals surface area contributed by atoms with Crippen LogP contribution in [-0.4, -0.2) is 25.3 Å². The average Bonchev–Trinajstić information content (AvgIpc) is 3.19. The second-order valence-electron chi connectivity index (χ2n) is 7.69. The summed E-state index contributed by atoms with van der Waals surface area (Å²) in [5.41, 5.74) is 1.90. The Morgan fingerprint density at radius 2 is 1.71 bits per heavy atom. The molecular weight excluding hydrogens is 392 g/mol. The van der Waals surface area contributed by atoms with Crippen LogP contribution in [0.15, 0.2) is 70.5 Å². The number of aromatic nitrogens is 4. The first-order valence-electron chi connectivity index (χ1n) is 10.5. The van der Waals surface area contributed by atoms with E-state index in [9.17, 15) is 9.59 Å². The minimum atomic E-state index is -0.386. The van der Waals surface area contributed by atoms with E-state index in [2.05, 4.69) is 18.8 Å². The van der Waals surface area contributed by atoms with Crippen LogP contribution in [0.5, 0.6) is 5.75 Å². The predicted octanol–water partition coefficient (Wildman–Crippen LogP) is 3.57. The van der Waals surface area contributed by atoms with E-state index in [1.165, 1.54) is 14.7 Å². The van der Waals surface area contributed by atoms with Crippen LogP contribution >= 0.6 is 0 Å². The summed E-state index contributed by atoms with van der Waals surface area (Å²) in [6.07, 6.45) is 1.60. The van der Waals surface area contributed by atoms with Crippen molar-refractivity contribution < 1.29 is 4.74 Å². The molecule has 0 spiro atoms.